The van der Waals surface area contributed by atoms with Gasteiger partial charge in [0, 0.05) is 22.0 Å². The van der Waals surface area contributed by atoms with Crippen LogP contribution in [-0.4, -0.2) is 24.8 Å². The van der Waals surface area contributed by atoms with Gasteiger partial charge >= 0.3 is 5.97 Å². The number of anilines is 1. The second-order valence-corrected chi connectivity index (χ2v) is 7.00. The van der Waals surface area contributed by atoms with Crippen LogP contribution in [0.15, 0.2) is 47.6 Å². The van der Waals surface area contributed by atoms with Crippen LogP contribution in [0.2, 0.25) is 10.0 Å². The van der Waals surface area contributed by atoms with Gasteiger partial charge in [0.1, 0.15) is 24.1 Å². The van der Waals surface area contributed by atoms with Crippen molar-refractivity contribution in [2.45, 2.75) is 25.5 Å². The Labute approximate surface area is 172 Å². The number of nitriles is 1. The number of carbonyl (C=O) groups excluding carboxylic acids is 1. The fourth-order valence-corrected chi connectivity index (χ4v) is 3.29. The van der Waals surface area contributed by atoms with Gasteiger partial charge in [-0.1, -0.05) is 29.3 Å². The highest BCUT2D eigenvalue weighted by atomic mass is 35.5. The summed E-state index contributed by atoms with van der Waals surface area (Å²) in [5.74, 6) is 0.312. The molecule has 0 fully saturated rings. The van der Waals surface area contributed by atoms with Crippen molar-refractivity contribution in [2.24, 2.45) is 5.10 Å². The van der Waals surface area contributed by atoms with Gasteiger partial charge in [-0.25, -0.2) is 0 Å². The van der Waals surface area contributed by atoms with Gasteiger partial charge in [-0.3, -0.25) is 9.80 Å². The number of ether oxygens (including phenoxy) is 2. The third kappa shape index (κ3) is 4.75. The molecule has 8 heteroatoms. The van der Waals surface area contributed by atoms with E-state index in [0.717, 1.165) is 11.3 Å². The fraction of sp³-hybridized carbons (Fsp3) is 0.250. The highest BCUT2D eigenvalue weighted by molar-refractivity contribution is 6.35. The van der Waals surface area contributed by atoms with E-state index >= 15 is 0 Å². The molecule has 0 N–H and O–H groups in total. The van der Waals surface area contributed by atoms with Gasteiger partial charge in [0.15, 0.2) is 0 Å². The fourth-order valence-electron chi connectivity index (χ4n) is 2.83. The van der Waals surface area contributed by atoms with E-state index in [9.17, 15) is 4.79 Å². The van der Waals surface area contributed by atoms with E-state index in [2.05, 4.69) is 11.2 Å². The summed E-state index contributed by atoms with van der Waals surface area (Å²) in [6.45, 7) is 0.306. The first-order valence-electron chi connectivity index (χ1n) is 8.50. The second kappa shape index (κ2) is 8.96. The van der Waals surface area contributed by atoms with E-state index < -0.39 is 0 Å². The molecule has 6 nitrogen and oxygen atoms in total. The minimum absolute atomic E-state index is 0.151. The lowest BCUT2D eigenvalue weighted by Gasteiger charge is -2.22. The molecule has 0 aromatic heterocycles. The summed E-state index contributed by atoms with van der Waals surface area (Å²) in [4.78, 5) is 11.6. The Kier molecular flexibility index (Phi) is 6.40. The Morgan fingerprint density at radius 1 is 1.29 bits per heavy atom. The van der Waals surface area contributed by atoms with E-state index in [0.29, 0.717) is 34.5 Å². The highest BCUT2D eigenvalue weighted by Gasteiger charge is 2.30. The van der Waals surface area contributed by atoms with Crippen molar-refractivity contribution < 1.29 is 14.3 Å². The zero-order valence-corrected chi connectivity index (χ0v) is 16.6. The molecule has 1 aliphatic heterocycles. The summed E-state index contributed by atoms with van der Waals surface area (Å²) >= 11 is 12.1. The molecular formula is C20H17Cl2N3O3. The van der Waals surface area contributed by atoms with Gasteiger partial charge in [0.25, 0.3) is 0 Å². The molecular weight excluding hydrogens is 401 g/mol. The maximum absolute atomic E-state index is 11.6. The minimum Gasteiger partial charge on any atom is -0.489 e. The van der Waals surface area contributed by atoms with Crippen LogP contribution in [0.3, 0.4) is 0 Å². The van der Waals surface area contributed by atoms with Crippen LogP contribution in [-0.2, 0) is 16.1 Å². The van der Waals surface area contributed by atoms with E-state index in [1.807, 2.05) is 18.2 Å². The molecule has 0 amide bonds. The number of esters is 1. The highest BCUT2D eigenvalue weighted by Crippen LogP contribution is 2.29. The Hall–Kier alpha value is -2.75. The van der Waals surface area contributed by atoms with E-state index in [4.69, 9.17) is 37.9 Å². The second-order valence-electron chi connectivity index (χ2n) is 6.16. The molecule has 1 unspecified atom stereocenters. The molecule has 1 atom stereocenters. The van der Waals surface area contributed by atoms with Crippen LogP contribution in [0.25, 0.3) is 0 Å². The number of hydrogen-bond acceptors (Lipinski definition) is 6. The van der Waals surface area contributed by atoms with Gasteiger partial charge in [0.05, 0.1) is 25.3 Å². The molecule has 1 aliphatic rings. The lowest BCUT2D eigenvalue weighted by atomic mass is 10.1. The summed E-state index contributed by atoms with van der Waals surface area (Å²) in [6.07, 6.45) is 0.553. The maximum atomic E-state index is 11.6. The monoisotopic (exact) mass is 417 g/mol. The summed E-state index contributed by atoms with van der Waals surface area (Å²) in [5.41, 5.74) is 1.97. The number of hydrogen-bond donors (Lipinski definition) is 0. The number of benzene rings is 2. The van der Waals surface area contributed by atoms with Gasteiger partial charge in [-0.15, -0.1) is 0 Å². The number of nitrogens with zero attached hydrogens (tertiary/aromatic N) is 3. The van der Waals surface area contributed by atoms with Gasteiger partial charge in [0.2, 0.25) is 0 Å². The lowest BCUT2D eigenvalue weighted by molar-refractivity contribution is -0.140. The quantitative estimate of drug-likeness (QED) is 0.642. The molecule has 0 spiro atoms. The Bertz CT molecular complexity index is 939. The molecule has 0 saturated heterocycles. The lowest BCUT2D eigenvalue weighted by Crippen LogP contribution is -2.29. The smallest absolute Gasteiger partial charge is 0.307 e. The molecule has 0 bridgehead atoms. The number of carbonyl (C=O) groups is 1. The number of methoxy groups -OCH3 is 1. The third-order valence-electron chi connectivity index (χ3n) is 4.27. The summed E-state index contributed by atoms with van der Waals surface area (Å²) in [7, 11) is 1.34. The van der Waals surface area contributed by atoms with Crippen LogP contribution in [0.4, 0.5) is 5.69 Å². The van der Waals surface area contributed by atoms with Crippen molar-refractivity contribution in [3.63, 3.8) is 0 Å². The van der Waals surface area contributed by atoms with E-state index in [1.54, 1.807) is 29.3 Å². The topological polar surface area (TPSA) is 74.9 Å². The van der Waals surface area contributed by atoms with Gasteiger partial charge in [-0.2, -0.15) is 10.4 Å². The first kappa shape index (κ1) is 20.0. The molecule has 0 aliphatic carbocycles. The largest absolute Gasteiger partial charge is 0.489 e. The van der Waals surface area contributed by atoms with Gasteiger partial charge < -0.3 is 9.47 Å². The predicted molar refractivity (Wildman–Crippen MR) is 108 cm³/mol. The van der Waals surface area contributed by atoms with E-state index in [-0.39, 0.29) is 18.4 Å². The molecule has 0 saturated carbocycles. The molecule has 2 aromatic rings. The predicted octanol–water partition coefficient (Wildman–Crippen LogP) is 4.59. The first-order valence-corrected chi connectivity index (χ1v) is 9.26. The average Bonchev–Trinajstić information content (AvgIpc) is 3.10. The summed E-state index contributed by atoms with van der Waals surface area (Å²) in [6, 6.07) is 14.3. The number of hydrazone groups is 1. The van der Waals surface area contributed by atoms with E-state index in [1.165, 1.54) is 7.11 Å². The average molecular weight is 418 g/mol. The van der Waals surface area contributed by atoms with Crippen molar-refractivity contribution in [1.29, 1.82) is 5.26 Å². The summed E-state index contributed by atoms with van der Waals surface area (Å²) < 4.78 is 10.5. The van der Waals surface area contributed by atoms with Crippen LogP contribution in [0, 0.1) is 11.3 Å². The zero-order chi connectivity index (χ0) is 20.1. The Balaban J connectivity index is 1.69. The van der Waals surface area contributed by atoms with Crippen LogP contribution in [0.5, 0.6) is 5.75 Å². The van der Waals surface area contributed by atoms with Crippen molar-refractivity contribution in [2.75, 3.05) is 12.1 Å². The van der Waals surface area contributed by atoms with Crippen molar-refractivity contribution >= 4 is 40.6 Å². The Morgan fingerprint density at radius 3 is 2.68 bits per heavy atom. The zero-order valence-electron chi connectivity index (χ0n) is 15.1. The molecule has 144 valence electrons. The molecule has 0 radical (unpaired) electrons. The number of halogens is 2. The minimum atomic E-state index is -0.343. The third-order valence-corrected chi connectivity index (χ3v) is 4.86. The standard InChI is InChI=1S/C20H17Cl2N3O3/c1-27-20(26)10-17-9-15(11-23)24-25(17)16-4-6-18(7-5-16)28-12-13-2-3-14(21)8-19(13)22/h2-8,17H,9-10,12H2,1H3. The first-order chi connectivity index (χ1) is 13.5. The van der Waals surface area contributed by atoms with Crippen molar-refractivity contribution in [3.8, 4) is 11.8 Å². The van der Waals surface area contributed by atoms with Crippen molar-refractivity contribution in [1.82, 2.24) is 0 Å². The number of rotatable bonds is 6. The van der Waals surface area contributed by atoms with Gasteiger partial charge in [-0.05, 0) is 36.4 Å². The molecule has 1 heterocycles. The molecule has 28 heavy (non-hydrogen) atoms. The van der Waals surface area contributed by atoms with Crippen LogP contribution in [0.1, 0.15) is 18.4 Å². The summed E-state index contributed by atoms with van der Waals surface area (Å²) in [5, 5.41) is 16.2. The van der Waals surface area contributed by atoms with Crippen molar-refractivity contribution in [3.05, 3.63) is 58.1 Å². The Morgan fingerprint density at radius 2 is 2.04 bits per heavy atom. The van der Waals surface area contributed by atoms with Crippen LogP contribution < -0.4 is 9.75 Å². The maximum Gasteiger partial charge on any atom is 0.307 e. The normalized spacial score (nSPS) is 15.7. The molecule has 3 rings (SSSR count). The molecule has 2 aromatic carbocycles. The van der Waals surface area contributed by atoms with Crippen LogP contribution >= 0.6 is 23.2 Å². The SMILES string of the molecule is COC(=O)CC1CC(C#N)=NN1c1ccc(OCc2ccc(Cl)cc2Cl)cc1.